The highest BCUT2D eigenvalue weighted by atomic mass is 28.5. The van der Waals surface area contributed by atoms with E-state index in [1.54, 1.807) is 0 Å². The normalized spacial score (nSPS) is 12.2. The molecule has 0 saturated heterocycles. The summed E-state index contributed by atoms with van der Waals surface area (Å²) in [4.78, 5) is 0. The number of hydrogen-bond acceptors (Lipinski definition) is 3. The van der Waals surface area contributed by atoms with Crippen molar-refractivity contribution in [1.82, 2.24) is 0 Å². The average Bonchev–Trinajstić information content (AvgIpc) is 3.00. The van der Waals surface area contributed by atoms with Gasteiger partial charge in [0.2, 0.25) is 0 Å². The summed E-state index contributed by atoms with van der Waals surface area (Å²) in [6, 6.07) is 53.1. The van der Waals surface area contributed by atoms with Crippen LogP contribution < -0.4 is 25.9 Å². The molecule has 0 amide bonds. The Morgan fingerprint density at radius 1 is 0.432 bits per heavy atom. The molecule has 0 aliphatic heterocycles. The molecule has 0 heterocycles. The molecule has 0 bridgehead atoms. The highest BCUT2D eigenvalue weighted by Crippen LogP contribution is 2.19. The van der Waals surface area contributed by atoms with Crippen molar-refractivity contribution in [3.63, 3.8) is 0 Å². The first-order valence-corrected chi connectivity index (χ1v) is 18.1. The Balaban J connectivity index is 1.86. The molecule has 0 saturated carbocycles. The van der Waals surface area contributed by atoms with Gasteiger partial charge in [0, 0.05) is 0 Å². The van der Waals surface area contributed by atoms with Crippen LogP contribution in [0.3, 0.4) is 0 Å². The Hall–Kier alpha value is -3.15. The van der Waals surface area contributed by atoms with E-state index in [9.17, 15) is 0 Å². The average molecular weight is 551 g/mol. The van der Waals surface area contributed by atoms with Crippen LogP contribution in [-0.4, -0.2) is 37.4 Å². The van der Waals surface area contributed by atoms with Gasteiger partial charge in [0.25, 0.3) is 18.3 Å². The lowest BCUT2D eigenvalue weighted by molar-refractivity contribution is 0.398. The fraction of sp³-hybridized carbons (Fsp3) is 0. The standard InChI is InChI=1S/C30H30O3Si4/c34-31-35-32-37(29-22-12-4-13-23-29,30-24-14-5-15-25-30)33-36(26-16-6-1-7-17-26,27-18-8-2-9-19-27)28-20-10-3-11-21-28/h1-25H,35H2,34H3. The molecule has 37 heavy (non-hydrogen) atoms. The molecule has 7 heteroatoms. The predicted molar refractivity (Wildman–Crippen MR) is 164 cm³/mol. The molecule has 5 aromatic carbocycles. The van der Waals surface area contributed by atoms with Gasteiger partial charge in [0.05, 0.1) is 0 Å². The Labute approximate surface area is 226 Å². The van der Waals surface area contributed by atoms with Crippen LogP contribution >= 0.6 is 0 Å². The van der Waals surface area contributed by atoms with Gasteiger partial charge in [-0.15, -0.1) is 0 Å². The largest absolute Gasteiger partial charge is 0.449 e. The van der Waals surface area contributed by atoms with Crippen LogP contribution in [0.25, 0.3) is 0 Å². The lowest BCUT2D eigenvalue weighted by Gasteiger charge is -2.42. The molecule has 0 fully saturated rings. The summed E-state index contributed by atoms with van der Waals surface area (Å²) < 4.78 is 20.7. The highest BCUT2D eigenvalue weighted by Gasteiger charge is 2.53. The summed E-state index contributed by atoms with van der Waals surface area (Å²) >= 11 is 0. The predicted octanol–water partition coefficient (Wildman–Crippen LogP) is 1.24. The molecule has 0 atom stereocenters. The molecule has 0 aliphatic carbocycles. The van der Waals surface area contributed by atoms with Gasteiger partial charge in [0.1, 0.15) is 10.5 Å². The van der Waals surface area contributed by atoms with E-state index in [-0.39, 0.29) is 0 Å². The molecule has 0 aromatic heterocycles. The second kappa shape index (κ2) is 11.9. The third-order valence-corrected chi connectivity index (χ3v) is 17.6. The first-order chi connectivity index (χ1) is 18.3. The topological polar surface area (TPSA) is 27.7 Å². The zero-order valence-corrected chi connectivity index (χ0v) is 26.3. The number of hydrogen-bond donors (Lipinski definition) is 0. The summed E-state index contributed by atoms with van der Waals surface area (Å²) in [5.74, 6) is 0. The maximum atomic E-state index is 7.88. The molecular weight excluding hydrogens is 521 g/mol. The monoisotopic (exact) mass is 550 g/mol. The molecule has 0 N–H and O–H groups in total. The molecule has 0 spiro atoms. The number of rotatable bonds is 10. The van der Waals surface area contributed by atoms with Gasteiger partial charge in [-0.3, -0.25) is 0 Å². The van der Waals surface area contributed by atoms with E-state index in [4.69, 9.17) is 12.3 Å². The van der Waals surface area contributed by atoms with Crippen LogP contribution in [0.4, 0.5) is 0 Å². The third-order valence-electron chi connectivity index (χ3n) is 6.53. The third kappa shape index (κ3) is 5.16. The van der Waals surface area contributed by atoms with Crippen LogP contribution in [0.5, 0.6) is 0 Å². The highest BCUT2D eigenvalue weighted by molar-refractivity contribution is 7.13. The molecule has 0 unspecified atom stereocenters. The quantitative estimate of drug-likeness (QED) is 0.194. The van der Waals surface area contributed by atoms with E-state index in [0.717, 1.165) is 10.4 Å². The Morgan fingerprint density at radius 3 is 1.03 bits per heavy atom. The van der Waals surface area contributed by atoms with Crippen molar-refractivity contribution in [3.05, 3.63) is 152 Å². The van der Waals surface area contributed by atoms with Crippen molar-refractivity contribution in [1.29, 1.82) is 0 Å². The molecule has 5 aromatic rings. The van der Waals surface area contributed by atoms with Crippen molar-refractivity contribution in [2.75, 3.05) is 0 Å². The summed E-state index contributed by atoms with van der Waals surface area (Å²) in [5, 5.41) is 5.74. The fourth-order valence-electron chi connectivity index (χ4n) is 4.85. The van der Waals surface area contributed by atoms with E-state index in [1.165, 1.54) is 15.6 Å². The lowest BCUT2D eigenvalue weighted by atomic mass is 10.3. The van der Waals surface area contributed by atoms with Crippen LogP contribution in [0.1, 0.15) is 0 Å². The van der Waals surface area contributed by atoms with Gasteiger partial charge < -0.3 is 12.3 Å². The smallest absolute Gasteiger partial charge is 0.388 e. The molecular formula is C30H30O3Si4. The minimum atomic E-state index is -3.23. The van der Waals surface area contributed by atoms with Gasteiger partial charge >= 0.3 is 8.56 Å². The first-order valence-electron chi connectivity index (χ1n) is 12.4. The Kier molecular flexibility index (Phi) is 8.22. The van der Waals surface area contributed by atoms with Crippen molar-refractivity contribution in [2.24, 2.45) is 0 Å². The Bertz CT molecular complexity index is 1240. The zero-order chi connectivity index (χ0) is 25.4. The number of benzene rings is 5. The van der Waals surface area contributed by atoms with Crippen molar-refractivity contribution in [2.45, 2.75) is 0 Å². The van der Waals surface area contributed by atoms with Gasteiger partial charge in [-0.05, 0) is 25.9 Å². The first kappa shape index (κ1) is 25.5. The SMILES string of the molecule is [SiH3]O[SiH2]O[Si](O[Si](c1ccccc1)(c1ccccc1)c1ccccc1)(c1ccccc1)c1ccccc1. The summed E-state index contributed by atoms with van der Waals surface area (Å²) in [7, 11) is -6.91. The second-order valence-corrected chi connectivity index (χ2v) is 18.8. The molecule has 0 radical (unpaired) electrons. The Morgan fingerprint density at radius 2 is 0.730 bits per heavy atom. The summed E-state index contributed by atoms with van der Waals surface area (Å²) in [6.45, 7) is 0. The molecule has 3 nitrogen and oxygen atoms in total. The van der Waals surface area contributed by atoms with Gasteiger partial charge in [0.15, 0.2) is 0 Å². The van der Waals surface area contributed by atoms with Crippen LogP contribution in [0.2, 0.25) is 0 Å². The fourth-order valence-corrected chi connectivity index (χ4v) is 17.8. The second-order valence-electron chi connectivity index (χ2n) is 8.78. The molecule has 0 aliphatic rings. The van der Waals surface area contributed by atoms with Crippen molar-refractivity contribution >= 4 is 63.3 Å². The van der Waals surface area contributed by atoms with Crippen molar-refractivity contribution < 1.29 is 12.3 Å². The summed E-state index contributed by atoms with van der Waals surface area (Å²) in [5.41, 5.74) is 0. The van der Waals surface area contributed by atoms with Gasteiger partial charge in [-0.2, -0.15) is 0 Å². The molecule has 5 rings (SSSR count). The van der Waals surface area contributed by atoms with Crippen LogP contribution in [0, 0.1) is 0 Å². The van der Waals surface area contributed by atoms with E-state index in [1.807, 2.05) is 12.1 Å². The van der Waals surface area contributed by atoms with Gasteiger partial charge in [-0.25, -0.2) is 0 Å². The van der Waals surface area contributed by atoms with Gasteiger partial charge in [-0.1, -0.05) is 152 Å². The van der Waals surface area contributed by atoms with E-state index < -0.39 is 26.9 Å². The minimum absolute atomic E-state index is 0.641. The van der Waals surface area contributed by atoms with E-state index >= 15 is 0 Å². The van der Waals surface area contributed by atoms with Crippen molar-refractivity contribution in [3.8, 4) is 0 Å². The lowest BCUT2D eigenvalue weighted by Crippen LogP contribution is -2.78. The summed E-state index contributed by atoms with van der Waals surface area (Å²) in [6.07, 6.45) is 0. The minimum Gasteiger partial charge on any atom is -0.449 e. The van der Waals surface area contributed by atoms with E-state index in [0.29, 0.717) is 10.5 Å². The maximum absolute atomic E-state index is 7.88. The maximum Gasteiger partial charge on any atom is 0.388 e. The zero-order valence-electron chi connectivity index (χ0n) is 20.9. The van der Waals surface area contributed by atoms with Crippen LogP contribution in [0.15, 0.2) is 152 Å². The van der Waals surface area contributed by atoms with E-state index in [2.05, 4.69) is 140 Å². The molecule has 184 valence electrons. The van der Waals surface area contributed by atoms with Crippen LogP contribution in [-0.2, 0) is 12.3 Å².